The molecule has 7 heteroatoms. The van der Waals surface area contributed by atoms with Crippen LogP contribution < -0.4 is 16.0 Å². The zero-order valence-corrected chi connectivity index (χ0v) is 14.7. The van der Waals surface area contributed by atoms with E-state index in [9.17, 15) is 9.59 Å². The summed E-state index contributed by atoms with van der Waals surface area (Å²) in [5.74, 6) is -0.343. The number of rotatable bonds is 5. The maximum Gasteiger partial charge on any atom is 0.253 e. The molecule has 0 radical (unpaired) electrons. The lowest BCUT2D eigenvalue weighted by Crippen LogP contribution is -2.36. The highest BCUT2D eigenvalue weighted by atomic mass is 35.5. The summed E-state index contributed by atoms with van der Waals surface area (Å²) in [4.78, 5) is 24.0. The number of anilines is 1. The fraction of sp³-hybridized carbons (Fsp3) is 0.500. The fourth-order valence-electron chi connectivity index (χ4n) is 2.65. The van der Waals surface area contributed by atoms with Crippen molar-refractivity contribution in [3.63, 3.8) is 0 Å². The molecule has 0 atom stereocenters. The second-order valence-corrected chi connectivity index (χ2v) is 5.99. The van der Waals surface area contributed by atoms with Crippen LogP contribution >= 0.6 is 24.0 Å². The van der Waals surface area contributed by atoms with Crippen molar-refractivity contribution in [2.24, 2.45) is 0 Å². The maximum absolute atomic E-state index is 12.4. The Morgan fingerprint density at radius 1 is 1.22 bits per heavy atom. The molecule has 1 aromatic carbocycles. The Balaban J connectivity index is 0.00000264. The molecule has 1 aliphatic rings. The average molecular weight is 360 g/mol. The molecular formula is C16H23Cl2N3O2. The summed E-state index contributed by atoms with van der Waals surface area (Å²) in [5, 5.41) is 8.92. The molecule has 1 fully saturated rings. The van der Waals surface area contributed by atoms with E-state index in [1.807, 2.05) is 0 Å². The van der Waals surface area contributed by atoms with Gasteiger partial charge in [0.1, 0.15) is 0 Å². The zero-order valence-electron chi connectivity index (χ0n) is 13.2. The first kappa shape index (κ1) is 19.7. The van der Waals surface area contributed by atoms with Crippen LogP contribution in [0.4, 0.5) is 5.69 Å². The van der Waals surface area contributed by atoms with E-state index in [4.69, 9.17) is 11.6 Å². The van der Waals surface area contributed by atoms with Crippen molar-refractivity contribution in [1.82, 2.24) is 10.6 Å². The van der Waals surface area contributed by atoms with E-state index >= 15 is 0 Å². The van der Waals surface area contributed by atoms with Crippen LogP contribution in [0.3, 0.4) is 0 Å². The van der Waals surface area contributed by atoms with E-state index < -0.39 is 0 Å². The molecule has 5 nitrogen and oxygen atoms in total. The van der Waals surface area contributed by atoms with E-state index in [1.165, 1.54) is 6.42 Å². The highest BCUT2D eigenvalue weighted by Gasteiger charge is 2.18. The first-order valence-corrected chi connectivity index (χ1v) is 8.03. The average Bonchev–Trinajstić information content (AvgIpc) is 2.50. The first-order chi connectivity index (χ1) is 10.6. The van der Waals surface area contributed by atoms with Crippen molar-refractivity contribution in [1.29, 1.82) is 0 Å². The number of hydrogen-bond acceptors (Lipinski definition) is 3. The number of carbonyl (C=O) groups excluding carboxylic acids is 2. The molecule has 0 unspecified atom stereocenters. The lowest BCUT2D eigenvalue weighted by Gasteiger charge is -2.23. The van der Waals surface area contributed by atoms with Crippen molar-refractivity contribution >= 4 is 41.5 Å². The van der Waals surface area contributed by atoms with Crippen LogP contribution in [0.2, 0.25) is 5.02 Å². The number of halogens is 2. The van der Waals surface area contributed by atoms with Gasteiger partial charge in [-0.1, -0.05) is 30.9 Å². The predicted octanol–water partition coefficient (Wildman–Crippen LogP) is 2.98. The molecule has 0 aromatic heterocycles. The summed E-state index contributed by atoms with van der Waals surface area (Å²) in [6.45, 7) is 0.215. The van der Waals surface area contributed by atoms with Gasteiger partial charge in [0.2, 0.25) is 5.91 Å². The monoisotopic (exact) mass is 359 g/mol. The molecule has 0 spiro atoms. The Kier molecular flexibility index (Phi) is 8.37. The largest absolute Gasteiger partial charge is 0.349 e. The van der Waals surface area contributed by atoms with Gasteiger partial charge in [-0.15, -0.1) is 12.4 Å². The lowest BCUT2D eigenvalue weighted by atomic mass is 9.95. The third kappa shape index (κ3) is 6.01. The highest BCUT2D eigenvalue weighted by molar-refractivity contribution is 6.34. The molecule has 0 saturated heterocycles. The van der Waals surface area contributed by atoms with Crippen LogP contribution in [0, 0.1) is 0 Å². The third-order valence-electron chi connectivity index (χ3n) is 3.77. The number of nitrogens with one attached hydrogen (secondary N) is 3. The van der Waals surface area contributed by atoms with Crippen molar-refractivity contribution in [3.05, 3.63) is 28.8 Å². The quantitative estimate of drug-likeness (QED) is 0.756. The molecule has 1 aliphatic carbocycles. The summed E-state index contributed by atoms with van der Waals surface area (Å²) in [6.07, 6.45) is 5.57. The van der Waals surface area contributed by atoms with Crippen molar-refractivity contribution < 1.29 is 9.59 Å². The Morgan fingerprint density at radius 3 is 2.57 bits per heavy atom. The summed E-state index contributed by atoms with van der Waals surface area (Å²) in [6, 6.07) is 5.16. The normalized spacial score (nSPS) is 14.7. The molecular weight excluding hydrogens is 337 g/mol. The summed E-state index contributed by atoms with van der Waals surface area (Å²) >= 11 is 6.12. The van der Waals surface area contributed by atoms with Gasteiger partial charge in [0, 0.05) is 11.7 Å². The number of benzene rings is 1. The van der Waals surface area contributed by atoms with Gasteiger partial charge in [-0.25, -0.2) is 0 Å². The van der Waals surface area contributed by atoms with Gasteiger partial charge in [0.25, 0.3) is 5.91 Å². The van der Waals surface area contributed by atoms with Gasteiger partial charge in [-0.05, 0) is 38.1 Å². The number of likely N-dealkylation sites (N-methyl/N-ethyl adjacent to an activating group) is 1. The van der Waals surface area contributed by atoms with Crippen LogP contribution in [-0.4, -0.2) is 31.4 Å². The minimum atomic E-state index is -0.179. The van der Waals surface area contributed by atoms with Gasteiger partial charge >= 0.3 is 0 Å². The van der Waals surface area contributed by atoms with Crippen LogP contribution in [0.1, 0.15) is 42.5 Å². The summed E-state index contributed by atoms with van der Waals surface area (Å²) in [5.41, 5.74) is 0.966. The predicted molar refractivity (Wildman–Crippen MR) is 95.6 cm³/mol. The number of carbonyl (C=O) groups is 2. The van der Waals surface area contributed by atoms with E-state index in [2.05, 4.69) is 16.0 Å². The topological polar surface area (TPSA) is 70.2 Å². The van der Waals surface area contributed by atoms with E-state index in [1.54, 1.807) is 25.2 Å². The SMILES string of the molecule is CNCC(=O)Nc1ccc(Cl)c(C(=O)NC2CCCCC2)c1.Cl. The molecule has 1 saturated carbocycles. The highest BCUT2D eigenvalue weighted by Crippen LogP contribution is 2.22. The second kappa shape index (κ2) is 9.75. The first-order valence-electron chi connectivity index (χ1n) is 7.65. The zero-order chi connectivity index (χ0) is 15.9. The van der Waals surface area contributed by atoms with Crippen molar-refractivity contribution in [2.75, 3.05) is 18.9 Å². The second-order valence-electron chi connectivity index (χ2n) is 5.58. The smallest absolute Gasteiger partial charge is 0.253 e. The van der Waals surface area contributed by atoms with Gasteiger partial charge in [-0.3, -0.25) is 9.59 Å². The molecule has 3 N–H and O–H groups in total. The third-order valence-corrected chi connectivity index (χ3v) is 4.10. The van der Waals surface area contributed by atoms with Crippen molar-refractivity contribution in [3.8, 4) is 0 Å². The number of hydrogen-bond donors (Lipinski definition) is 3. The van der Waals surface area contributed by atoms with Gasteiger partial charge < -0.3 is 16.0 Å². The molecule has 0 heterocycles. The van der Waals surface area contributed by atoms with Crippen LogP contribution in [-0.2, 0) is 4.79 Å². The molecule has 2 amide bonds. The minimum Gasteiger partial charge on any atom is -0.349 e. The summed E-state index contributed by atoms with van der Waals surface area (Å²) < 4.78 is 0. The molecule has 0 aliphatic heterocycles. The molecule has 1 aromatic rings. The molecule has 128 valence electrons. The Labute approximate surface area is 148 Å². The van der Waals surface area contributed by atoms with Crippen LogP contribution in [0.15, 0.2) is 18.2 Å². The van der Waals surface area contributed by atoms with Gasteiger partial charge in [0.05, 0.1) is 17.1 Å². The Morgan fingerprint density at radius 2 is 1.91 bits per heavy atom. The Bertz CT molecular complexity index is 546. The van der Waals surface area contributed by atoms with Gasteiger partial charge in [0.15, 0.2) is 0 Å². The maximum atomic E-state index is 12.4. The molecule has 2 rings (SSSR count). The standard InChI is InChI=1S/C16H22ClN3O2.ClH/c1-18-10-15(21)19-12-7-8-14(17)13(9-12)16(22)20-11-5-3-2-4-6-11;/h7-9,11,18H,2-6,10H2,1H3,(H,19,21)(H,20,22);1H. The van der Waals surface area contributed by atoms with E-state index in [0.717, 1.165) is 25.7 Å². The van der Waals surface area contributed by atoms with Crippen molar-refractivity contribution in [2.45, 2.75) is 38.1 Å². The Hall–Kier alpha value is -1.30. The summed E-state index contributed by atoms with van der Waals surface area (Å²) in [7, 11) is 1.70. The van der Waals surface area contributed by atoms with E-state index in [-0.39, 0.29) is 36.8 Å². The number of amides is 2. The van der Waals surface area contributed by atoms with Crippen LogP contribution in [0.25, 0.3) is 0 Å². The van der Waals surface area contributed by atoms with E-state index in [0.29, 0.717) is 16.3 Å². The van der Waals surface area contributed by atoms with Crippen LogP contribution in [0.5, 0.6) is 0 Å². The fourth-order valence-corrected chi connectivity index (χ4v) is 2.86. The molecule has 23 heavy (non-hydrogen) atoms. The lowest BCUT2D eigenvalue weighted by molar-refractivity contribution is -0.115. The van der Waals surface area contributed by atoms with Gasteiger partial charge in [-0.2, -0.15) is 0 Å². The minimum absolute atomic E-state index is 0. The molecule has 0 bridgehead atoms.